The number of benzene rings is 1. The molecule has 0 amide bonds. The molecule has 0 saturated heterocycles. The standard InChI is InChI=1S/C22H26ClNO3/c1-5-9-27-21(26)18-13(2)24-16-11-22(3,4)12-17(25)20(16)19(18)14-7-6-8-15(23)10-14/h6-8,10,19,24H,5,9,11-12H2,1-4H3/t19-/m1/s1. The van der Waals surface area contributed by atoms with Crippen molar-refractivity contribution in [2.24, 2.45) is 5.41 Å². The molecule has 1 aromatic carbocycles. The third kappa shape index (κ3) is 3.96. The molecule has 0 aromatic heterocycles. The Hall–Kier alpha value is -2.07. The van der Waals surface area contributed by atoms with Crippen LogP contribution in [0.2, 0.25) is 5.02 Å². The molecule has 1 heterocycles. The van der Waals surface area contributed by atoms with Crippen LogP contribution in [0.1, 0.15) is 58.4 Å². The molecule has 0 spiro atoms. The Labute approximate surface area is 165 Å². The summed E-state index contributed by atoms with van der Waals surface area (Å²) < 4.78 is 5.44. The predicted molar refractivity (Wildman–Crippen MR) is 106 cm³/mol. The van der Waals surface area contributed by atoms with Crippen LogP contribution in [0.5, 0.6) is 0 Å². The lowest BCUT2D eigenvalue weighted by Crippen LogP contribution is -2.38. The van der Waals surface area contributed by atoms with E-state index in [2.05, 4.69) is 19.2 Å². The average molecular weight is 388 g/mol. The summed E-state index contributed by atoms with van der Waals surface area (Å²) in [5, 5.41) is 3.91. The van der Waals surface area contributed by atoms with Crippen molar-refractivity contribution >= 4 is 23.4 Å². The smallest absolute Gasteiger partial charge is 0.336 e. The number of hydrogen-bond donors (Lipinski definition) is 1. The normalized spacial score (nSPS) is 21.7. The number of allylic oxidation sites excluding steroid dienone is 3. The van der Waals surface area contributed by atoms with Gasteiger partial charge in [0.15, 0.2) is 5.78 Å². The Morgan fingerprint density at radius 1 is 1.33 bits per heavy atom. The Kier molecular flexibility index (Phi) is 5.48. The van der Waals surface area contributed by atoms with Crippen molar-refractivity contribution in [2.45, 2.75) is 52.9 Å². The van der Waals surface area contributed by atoms with Gasteiger partial charge in [0, 0.05) is 34.3 Å². The maximum Gasteiger partial charge on any atom is 0.336 e. The second kappa shape index (κ2) is 7.51. The van der Waals surface area contributed by atoms with Crippen molar-refractivity contribution < 1.29 is 14.3 Å². The molecule has 144 valence electrons. The van der Waals surface area contributed by atoms with Crippen LogP contribution in [0.25, 0.3) is 0 Å². The second-order valence-electron chi connectivity index (χ2n) is 8.12. The zero-order valence-corrected chi connectivity index (χ0v) is 17.1. The van der Waals surface area contributed by atoms with Crippen LogP contribution in [0.15, 0.2) is 46.8 Å². The van der Waals surface area contributed by atoms with E-state index in [9.17, 15) is 9.59 Å². The SMILES string of the molecule is CCCOC(=O)C1=C(C)NC2=C(C(=O)CC(C)(C)C2)[C@@H]1c1cccc(Cl)c1. The van der Waals surface area contributed by atoms with E-state index in [1.807, 2.05) is 32.0 Å². The van der Waals surface area contributed by atoms with Crippen LogP contribution in [-0.2, 0) is 14.3 Å². The van der Waals surface area contributed by atoms with E-state index < -0.39 is 5.92 Å². The number of Topliss-reactive ketones (excluding diaryl/α,β-unsaturated/α-hetero) is 1. The summed E-state index contributed by atoms with van der Waals surface area (Å²) in [6, 6.07) is 7.38. The van der Waals surface area contributed by atoms with Crippen molar-refractivity contribution in [3.63, 3.8) is 0 Å². The highest BCUT2D eigenvalue weighted by molar-refractivity contribution is 6.30. The van der Waals surface area contributed by atoms with Gasteiger partial charge in [-0.15, -0.1) is 0 Å². The lowest BCUT2D eigenvalue weighted by molar-refractivity contribution is -0.139. The molecule has 27 heavy (non-hydrogen) atoms. The third-order valence-electron chi connectivity index (χ3n) is 5.08. The first kappa shape index (κ1) is 19.7. The van der Waals surface area contributed by atoms with Gasteiger partial charge in [0.1, 0.15) is 0 Å². The van der Waals surface area contributed by atoms with E-state index in [1.165, 1.54) is 0 Å². The maximum absolute atomic E-state index is 13.1. The van der Waals surface area contributed by atoms with Gasteiger partial charge in [-0.3, -0.25) is 4.79 Å². The summed E-state index contributed by atoms with van der Waals surface area (Å²) in [5.74, 6) is -0.754. The first-order valence-electron chi connectivity index (χ1n) is 9.40. The van der Waals surface area contributed by atoms with E-state index in [0.717, 1.165) is 29.8 Å². The molecule has 1 N–H and O–H groups in total. The maximum atomic E-state index is 13.1. The number of carbonyl (C=O) groups excluding carboxylic acids is 2. The third-order valence-corrected chi connectivity index (χ3v) is 5.31. The quantitative estimate of drug-likeness (QED) is 0.747. The number of halogens is 1. The summed E-state index contributed by atoms with van der Waals surface area (Å²) in [7, 11) is 0. The summed E-state index contributed by atoms with van der Waals surface area (Å²) >= 11 is 6.22. The van der Waals surface area contributed by atoms with Gasteiger partial charge in [0.2, 0.25) is 0 Å². The van der Waals surface area contributed by atoms with Crippen LogP contribution in [-0.4, -0.2) is 18.4 Å². The van der Waals surface area contributed by atoms with Gasteiger partial charge in [-0.25, -0.2) is 4.79 Å². The summed E-state index contributed by atoms with van der Waals surface area (Å²) in [4.78, 5) is 26.0. The van der Waals surface area contributed by atoms with Gasteiger partial charge in [-0.05, 0) is 42.9 Å². The highest BCUT2D eigenvalue weighted by Gasteiger charge is 2.43. The van der Waals surface area contributed by atoms with Crippen LogP contribution in [0.3, 0.4) is 0 Å². The molecule has 0 fully saturated rings. The molecule has 0 radical (unpaired) electrons. The van der Waals surface area contributed by atoms with Crippen molar-refractivity contribution in [1.29, 1.82) is 0 Å². The highest BCUT2D eigenvalue weighted by atomic mass is 35.5. The fourth-order valence-electron chi connectivity index (χ4n) is 4.00. The van der Waals surface area contributed by atoms with Crippen molar-refractivity contribution in [3.05, 3.63) is 57.4 Å². The van der Waals surface area contributed by atoms with Gasteiger partial charge in [-0.1, -0.05) is 44.5 Å². The minimum absolute atomic E-state index is 0.0759. The Balaban J connectivity index is 2.14. The van der Waals surface area contributed by atoms with Crippen molar-refractivity contribution in [2.75, 3.05) is 6.61 Å². The molecular formula is C22H26ClNO3. The van der Waals surface area contributed by atoms with Crippen LogP contribution in [0, 0.1) is 5.41 Å². The molecule has 1 aromatic rings. The van der Waals surface area contributed by atoms with Gasteiger partial charge in [0.25, 0.3) is 0 Å². The van der Waals surface area contributed by atoms with Crippen LogP contribution >= 0.6 is 11.6 Å². The highest BCUT2D eigenvalue weighted by Crippen LogP contribution is 2.47. The van der Waals surface area contributed by atoms with E-state index in [-0.39, 0.29) is 17.2 Å². The first-order chi connectivity index (χ1) is 12.7. The number of ketones is 1. The number of esters is 1. The summed E-state index contributed by atoms with van der Waals surface area (Å²) in [6.45, 7) is 8.36. The lowest BCUT2D eigenvalue weighted by Gasteiger charge is -2.39. The molecule has 0 saturated carbocycles. The molecule has 4 nitrogen and oxygen atoms in total. The number of dihydropyridines is 1. The molecule has 1 aliphatic heterocycles. The monoisotopic (exact) mass is 387 g/mol. The molecule has 0 unspecified atom stereocenters. The zero-order chi connectivity index (χ0) is 19.8. The topological polar surface area (TPSA) is 55.4 Å². The molecule has 3 rings (SSSR count). The minimum atomic E-state index is -0.451. The Morgan fingerprint density at radius 2 is 2.07 bits per heavy atom. The second-order valence-corrected chi connectivity index (χ2v) is 8.56. The fourth-order valence-corrected chi connectivity index (χ4v) is 4.20. The van der Waals surface area contributed by atoms with E-state index in [1.54, 1.807) is 6.07 Å². The fraction of sp³-hybridized carbons (Fsp3) is 0.455. The van der Waals surface area contributed by atoms with E-state index in [4.69, 9.17) is 16.3 Å². The lowest BCUT2D eigenvalue weighted by atomic mass is 9.68. The predicted octanol–water partition coefficient (Wildman–Crippen LogP) is 4.90. The van der Waals surface area contributed by atoms with Crippen molar-refractivity contribution in [3.8, 4) is 0 Å². The average Bonchev–Trinajstić information content (AvgIpc) is 2.57. The Bertz CT molecular complexity index is 851. The van der Waals surface area contributed by atoms with E-state index >= 15 is 0 Å². The molecular weight excluding hydrogens is 362 g/mol. The number of nitrogens with one attached hydrogen (secondary N) is 1. The number of rotatable bonds is 4. The van der Waals surface area contributed by atoms with Gasteiger partial charge in [-0.2, -0.15) is 0 Å². The zero-order valence-electron chi connectivity index (χ0n) is 16.3. The van der Waals surface area contributed by atoms with Gasteiger partial charge < -0.3 is 10.1 Å². The van der Waals surface area contributed by atoms with Crippen LogP contribution < -0.4 is 5.32 Å². The first-order valence-corrected chi connectivity index (χ1v) is 9.78. The summed E-state index contributed by atoms with van der Waals surface area (Å²) in [5.41, 5.74) is 3.55. The summed E-state index contributed by atoms with van der Waals surface area (Å²) in [6.07, 6.45) is 1.97. The van der Waals surface area contributed by atoms with Gasteiger partial charge >= 0.3 is 5.97 Å². The number of carbonyl (C=O) groups is 2. The molecule has 1 aliphatic carbocycles. The van der Waals surface area contributed by atoms with Crippen molar-refractivity contribution in [1.82, 2.24) is 5.32 Å². The number of ether oxygens (including phenoxy) is 1. The molecule has 5 heteroatoms. The van der Waals surface area contributed by atoms with Gasteiger partial charge in [0.05, 0.1) is 12.2 Å². The molecule has 1 atom stereocenters. The molecule has 0 bridgehead atoms. The largest absolute Gasteiger partial charge is 0.462 e. The van der Waals surface area contributed by atoms with Crippen LogP contribution in [0.4, 0.5) is 0 Å². The molecule has 2 aliphatic rings. The number of hydrogen-bond acceptors (Lipinski definition) is 4. The van der Waals surface area contributed by atoms with E-state index in [0.29, 0.717) is 29.2 Å². The Morgan fingerprint density at radius 3 is 2.74 bits per heavy atom. The minimum Gasteiger partial charge on any atom is -0.462 e.